The summed E-state index contributed by atoms with van der Waals surface area (Å²) in [6.45, 7) is 4.07. The summed E-state index contributed by atoms with van der Waals surface area (Å²) in [5.41, 5.74) is 0. The summed E-state index contributed by atoms with van der Waals surface area (Å²) in [6, 6.07) is 1.83. The van der Waals surface area contributed by atoms with Crippen molar-refractivity contribution in [2.75, 3.05) is 25.1 Å². The molecule has 106 valence electrons. The van der Waals surface area contributed by atoms with E-state index in [4.69, 9.17) is 16.3 Å². The number of hydrogen-bond acceptors (Lipinski definition) is 4. The molecule has 1 heterocycles. The second kappa shape index (κ2) is 7.06. The van der Waals surface area contributed by atoms with Crippen LogP contribution in [0.3, 0.4) is 0 Å². The third-order valence-corrected chi connectivity index (χ3v) is 3.75. The molecule has 0 saturated heterocycles. The summed E-state index contributed by atoms with van der Waals surface area (Å²) in [5.74, 6) is 2.33. The molecule has 1 aliphatic rings. The lowest BCUT2D eigenvalue weighted by Gasteiger charge is -2.22. The Hall–Kier alpha value is -0.870. The topological polar surface area (TPSA) is 38.2 Å². The minimum atomic E-state index is 0.418. The summed E-state index contributed by atoms with van der Waals surface area (Å²) in [5, 5.41) is 0.484. The Bertz CT molecular complexity index is 408. The maximum absolute atomic E-state index is 6.06. The van der Waals surface area contributed by atoms with E-state index in [9.17, 15) is 0 Å². The molecule has 0 aliphatic heterocycles. The molecule has 1 aromatic heterocycles. The first-order valence-corrected chi connectivity index (χ1v) is 7.39. The van der Waals surface area contributed by atoms with Gasteiger partial charge in [-0.2, -0.15) is 0 Å². The van der Waals surface area contributed by atoms with E-state index >= 15 is 0 Å². The largest absolute Gasteiger partial charge is 0.374 e. The fourth-order valence-electron chi connectivity index (χ4n) is 2.58. The highest BCUT2D eigenvalue weighted by Gasteiger charge is 2.18. The van der Waals surface area contributed by atoms with Gasteiger partial charge < -0.3 is 9.64 Å². The van der Waals surface area contributed by atoms with Crippen LogP contribution in [0.15, 0.2) is 6.07 Å². The summed E-state index contributed by atoms with van der Waals surface area (Å²) >= 11 is 6.06. The van der Waals surface area contributed by atoms with Crippen LogP contribution >= 0.6 is 11.6 Å². The predicted octanol–water partition coefficient (Wildman–Crippen LogP) is 3.29. The summed E-state index contributed by atoms with van der Waals surface area (Å²) in [6.07, 6.45) is 5.38. The summed E-state index contributed by atoms with van der Waals surface area (Å²) in [4.78, 5) is 10.9. The van der Waals surface area contributed by atoms with E-state index in [0.29, 0.717) is 24.2 Å². The van der Waals surface area contributed by atoms with Gasteiger partial charge in [-0.1, -0.05) is 24.4 Å². The van der Waals surface area contributed by atoms with Crippen LogP contribution in [0, 0.1) is 5.92 Å². The van der Waals surface area contributed by atoms with Crippen LogP contribution in [0.1, 0.15) is 38.4 Å². The second-order valence-electron chi connectivity index (χ2n) is 5.13. The highest BCUT2D eigenvalue weighted by molar-refractivity contribution is 6.29. The maximum Gasteiger partial charge on any atom is 0.158 e. The Labute approximate surface area is 120 Å². The second-order valence-corrected chi connectivity index (χ2v) is 5.52. The van der Waals surface area contributed by atoms with E-state index in [2.05, 4.69) is 21.9 Å². The fraction of sp³-hybridized carbons (Fsp3) is 0.714. The van der Waals surface area contributed by atoms with Crippen LogP contribution in [-0.2, 0) is 11.3 Å². The molecule has 0 spiro atoms. The lowest BCUT2D eigenvalue weighted by Crippen LogP contribution is -2.25. The number of halogens is 1. The highest BCUT2D eigenvalue weighted by atomic mass is 35.5. The van der Waals surface area contributed by atoms with Crippen molar-refractivity contribution in [3.63, 3.8) is 0 Å². The Morgan fingerprint density at radius 2 is 2.11 bits per heavy atom. The van der Waals surface area contributed by atoms with Crippen molar-refractivity contribution < 1.29 is 4.74 Å². The first-order valence-electron chi connectivity index (χ1n) is 7.01. The van der Waals surface area contributed by atoms with E-state index in [1.54, 1.807) is 0 Å². The standard InChI is InChI=1S/C14H22ClN3O/c1-3-19-10-13-16-12(15)8-14(17-13)18(2)9-11-6-4-5-7-11/h8,11H,3-7,9-10H2,1-2H3. The number of rotatable bonds is 6. The van der Waals surface area contributed by atoms with Crippen LogP contribution < -0.4 is 4.90 Å². The van der Waals surface area contributed by atoms with Crippen molar-refractivity contribution in [2.24, 2.45) is 5.92 Å². The van der Waals surface area contributed by atoms with Crippen LogP contribution in [0.5, 0.6) is 0 Å². The molecule has 1 saturated carbocycles. The van der Waals surface area contributed by atoms with E-state index < -0.39 is 0 Å². The lowest BCUT2D eigenvalue weighted by atomic mass is 10.1. The molecule has 0 radical (unpaired) electrons. The van der Waals surface area contributed by atoms with E-state index in [0.717, 1.165) is 18.3 Å². The third-order valence-electron chi connectivity index (χ3n) is 3.56. The van der Waals surface area contributed by atoms with E-state index in [1.165, 1.54) is 25.7 Å². The SMILES string of the molecule is CCOCc1nc(Cl)cc(N(C)CC2CCCC2)n1. The average molecular weight is 284 g/mol. The molecule has 0 aromatic carbocycles. The number of aromatic nitrogens is 2. The monoisotopic (exact) mass is 283 g/mol. The summed E-state index contributed by atoms with van der Waals surface area (Å²) in [7, 11) is 2.07. The van der Waals surface area contributed by atoms with Crippen molar-refractivity contribution >= 4 is 17.4 Å². The zero-order valence-electron chi connectivity index (χ0n) is 11.7. The van der Waals surface area contributed by atoms with Gasteiger partial charge in [0.15, 0.2) is 5.82 Å². The highest BCUT2D eigenvalue weighted by Crippen LogP contribution is 2.26. The first kappa shape index (κ1) is 14.5. The predicted molar refractivity (Wildman–Crippen MR) is 77.6 cm³/mol. The van der Waals surface area contributed by atoms with Gasteiger partial charge in [-0.25, -0.2) is 9.97 Å². The first-order chi connectivity index (χ1) is 9.19. The van der Waals surface area contributed by atoms with Gasteiger partial charge in [0, 0.05) is 26.3 Å². The molecule has 4 nitrogen and oxygen atoms in total. The molecule has 19 heavy (non-hydrogen) atoms. The van der Waals surface area contributed by atoms with Gasteiger partial charge in [0.2, 0.25) is 0 Å². The van der Waals surface area contributed by atoms with Gasteiger partial charge in [-0.15, -0.1) is 0 Å². The smallest absolute Gasteiger partial charge is 0.158 e. The van der Waals surface area contributed by atoms with Gasteiger partial charge in [0.05, 0.1) is 0 Å². The quantitative estimate of drug-likeness (QED) is 0.751. The van der Waals surface area contributed by atoms with Gasteiger partial charge in [0.1, 0.15) is 17.6 Å². The van der Waals surface area contributed by atoms with Gasteiger partial charge in [0.25, 0.3) is 0 Å². The van der Waals surface area contributed by atoms with E-state index in [1.807, 2.05) is 13.0 Å². The minimum absolute atomic E-state index is 0.418. The number of ether oxygens (including phenoxy) is 1. The number of anilines is 1. The molecule has 0 atom stereocenters. The van der Waals surface area contributed by atoms with Gasteiger partial charge in [-0.3, -0.25) is 0 Å². The van der Waals surface area contributed by atoms with Crippen molar-refractivity contribution in [2.45, 2.75) is 39.2 Å². The Morgan fingerprint density at radius 1 is 1.37 bits per heavy atom. The Kier molecular flexibility index (Phi) is 5.40. The molecule has 1 aromatic rings. The van der Waals surface area contributed by atoms with Crippen LogP contribution in [-0.4, -0.2) is 30.2 Å². The average Bonchev–Trinajstić information content (AvgIpc) is 2.88. The molecular weight excluding hydrogens is 262 g/mol. The summed E-state index contributed by atoms with van der Waals surface area (Å²) < 4.78 is 5.34. The molecule has 1 fully saturated rings. The normalized spacial score (nSPS) is 15.9. The molecule has 5 heteroatoms. The van der Waals surface area contributed by atoms with Gasteiger partial charge in [-0.05, 0) is 25.7 Å². The van der Waals surface area contributed by atoms with Crippen molar-refractivity contribution in [1.29, 1.82) is 0 Å². The zero-order valence-corrected chi connectivity index (χ0v) is 12.5. The third kappa shape index (κ3) is 4.32. The Balaban J connectivity index is 2.02. The molecule has 0 amide bonds. The molecule has 0 N–H and O–H groups in total. The number of nitrogens with zero attached hydrogens (tertiary/aromatic N) is 3. The molecule has 0 unspecified atom stereocenters. The van der Waals surface area contributed by atoms with Crippen molar-refractivity contribution in [3.8, 4) is 0 Å². The Morgan fingerprint density at radius 3 is 2.79 bits per heavy atom. The van der Waals surface area contributed by atoms with Crippen LogP contribution in [0.25, 0.3) is 0 Å². The molecule has 1 aliphatic carbocycles. The van der Waals surface area contributed by atoms with Crippen LogP contribution in [0.2, 0.25) is 5.15 Å². The maximum atomic E-state index is 6.06. The number of hydrogen-bond donors (Lipinski definition) is 0. The minimum Gasteiger partial charge on any atom is -0.374 e. The van der Waals surface area contributed by atoms with Crippen LogP contribution in [0.4, 0.5) is 5.82 Å². The van der Waals surface area contributed by atoms with E-state index in [-0.39, 0.29) is 0 Å². The molecule has 0 bridgehead atoms. The lowest BCUT2D eigenvalue weighted by molar-refractivity contribution is 0.128. The van der Waals surface area contributed by atoms with Crippen molar-refractivity contribution in [3.05, 3.63) is 17.0 Å². The fourth-order valence-corrected chi connectivity index (χ4v) is 2.77. The van der Waals surface area contributed by atoms with Gasteiger partial charge >= 0.3 is 0 Å². The molecular formula is C14H22ClN3O. The zero-order chi connectivity index (χ0) is 13.7. The molecule has 2 rings (SSSR count). The van der Waals surface area contributed by atoms with Crippen molar-refractivity contribution in [1.82, 2.24) is 9.97 Å².